The fraction of sp³-hybridized carbons (Fsp3) is 0.417. The van der Waals surface area contributed by atoms with E-state index in [1.54, 1.807) is 30.3 Å². The van der Waals surface area contributed by atoms with Gasteiger partial charge >= 0.3 is 0 Å². The quantitative estimate of drug-likeness (QED) is 0.770. The normalized spacial score (nSPS) is 9.56. The highest BCUT2D eigenvalue weighted by Gasteiger charge is 2.11. The van der Waals surface area contributed by atoms with Crippen molar-refractivity contribution in [2.24, 2.45) is 0 Å². The molecule has 1 heterocycles. The highest BCUT2D eigenvalue weighted by atomic mass is 16.2. The number of carbonyl (C=O) groups excluding carboxylic acids is 1. The van der Waals surface area contributed by atoms with Gasteiger partial charge in [0.1, 0.15) is 0 Å². The molecule has 0 N–H and O–H groups in total. The number of nitrogens with zero attached hydrogens (tertiary/aromatic N) is 3. The number of pyridine rings is 1. The first kappa shape index (κ1) is 12.2. The molecule has 0 aromatic carbocycles. The molecule has 84 valence electrons. The third-order valence-corrected chi connectivity index (χ3v) is 2.23. The second-order valence-electron chi connectivity index (χ2n) is 3.60. The maximum Gasteiger partial charge on any atom is 0.253 e. The third-order valence-electron chi connectivity index (χ3n) is 2.23. The SMILES string of the molecule is CCCN(C)C(=O)c1ccnc(CC#N)c1. The first-order valence-corrected chi connectivity index (χ1v) is 5.26. The molecule has 0 saturated carbocycles. The third kappa shape index (κ3) is 3.06. The number of hydrogen-bond donors (Lipinski definition) is 0. The van der Waals surface area contributed by atoms with Gasteiger partial charge in [0.2, 0.25) is 0 Å². The summed E-state index contributed by atoms with van der Waals surface area (Å²) < 4.78 is 0. The first-order valence-electron chi connectivity index (χ1n) is 5.26. The number of aromatic nitrogens is 1. The Morgan fingerprint density at radius 1 is 1.62 bits per heavy atom. The molecule has 0 saturated heterocycles. The minimum Gasteiger partial charge on any atom is -0.342 e. The Morgan fingerprint density at radius 2 is 2.38 bits per heavy atom. The zero-order valence-corrected chi connectivity index (χ0v) is 9.60. The Kier molecular flexibility index (Phi) is 4.46. The van der Waals surface area contributed by atoms with E-state index in [4.69, 9.17) is 5.26 Å². The molecule has 0 aliphatic carbocycles. The zero-order valence-electron chi connectivity index (χ0n) is 9.60. The van der Waals surface area contributed by atoms with Crippen LogP contribution in [0.25, 0.3) is 0 Å². The molecule has 1 aromatic heterocycles. The van der Waals surface area contributed by atoms with Crippen molar-refractivity contribution in [2.45, 2.75) is 19.8 Å². The Balaban J connectivity index is 2.83. The summed E-state index contributed by atoms with van der Waals surface area (Å²) in [4.78, 5) is 17.6. The van der Waals surface area contributed by atoms with Crippen molar-refractivity contribution in [1.82, 2.24) is 9.88 Å². The highest BCUT2D eigenvalue weighted by Crippen LogP contribution is 2.06. The summed E-state index contributed by atoms with van der Waals surface area (Å²) in [6.45, 7) is 2.76. The average Bonchev–Trinajstić information content (AvgIpc) is 2.29. The number of nitriles is 1. The summed E-state index contributed by atoms with van der Waals surface area (Å²) in [7, 11) is 1.77. The van der Waals surface area contributed by atoms with Crippen molar-refractivity contribution in [2.75, 3.05) is 13.6 Å². The largest absolute Gasteiger partial charge is 0.342 e. The minimum atomic E-state index is -0.0246. The van der Waals surface area contributed by atoms with Crippen LogP contribution in [0.15, 0.2) is 18.3 Å². The van der Waals surface area contributed by atoms with Crippen molar-refractivity contribution in [3.8, 4) is 6.07 Å². The van der Waals surface area contributed by atoms with Gasteiger partial charge in [-0.2, -0.15) is 5.26 Å². The van der Waals surface area contributed by atoms with Crippen LogP contribution in [0.5, 0.6) is 0 Å². The highest BCUT2D eigenvalue weighted by molar-refractivity contribution is 5.94. The fourth-order valence-corrected chi connectivity index (χ4v) is 1.45. The molecule has 0 unspecified atom stereocenters. The van der Waals surface area contributed by atoms with E-state index in [1.165, 1.54) is 0 Å². The molecule has 1 aromatic rings. The zero-order chi connectivity index (χ0) is 12.0. The molecule has 16 heavy (non-hydrogen) atoms. The van der Waals surface area contributed by atoms with Gasteiger partial charge in [0.25, 0.3) is 5.91 Å². The fourth-order valence-electron chi connectivity index (χ4n) is 1.45. The van der Waals surface area contributed by atoms with E-state index in [0.717, 1.165) is 13.0 Å². The van der Waals surface area contributed by atoms with Gasteiger partial charge in [-0.25, -0.2) is 0 Å². The van der Waals surface area contributed by atoms with Crippen molar-refractivity contribution in [1.29, 1.82) is 5.26 Å². The van der Waals surface area contributed by atoms with Crippen LogP contribution in [0.4, 0.5) is 0 Å². The summed E-state index contributed by atoms with van der Waals surface area (Å²) in [6, 6.07) is 5.37. The lowest BCUT2D eigenvalue weighted by molar-refractivity contribution is 0.0795. The lowest BCUT2D eigenvalue weighted by Crippen LogP contribution is -2.27. The van der Waals surface area contributed by atoms with E-state index < -0.39 is 0 Å². The molecule has 0 atom stereocenters. The van der Waals surface area contributed by atoms with E-state index in [-0.39, 0.29) is 12.3 Å². The molecule has 0 bridgehead atoms. The molecule has 0 aliphatic rings. The Bertz CT molecular complexity index is 409. The van der Waals surface area contributed by atoms with Gasteiger partial charge < -0.3 is 4.90 Å². The second-order valence-corrected chi connectivity index (χ2v) is 3.60. The monoisotopic (exact) mass is 217 g/mol. The second kappa shape index (κ2) is 5.86. The lowest BCUT2D eigenvalue weighted by atomic mass is 10.2. The van der Waals surface area contributed by atoms with Crippen LogP contribution in [-0.2, 0) is 6.42 Å². The summed E-state index contributed by atoms with van der Waals surface area (Å²) in [5.74, 6) is -0.0246. The molecule has 0 radical (unpaired) electrons. The molecule has 1 rings (SSSR count). The summed E-state index contributed by atoms with van der Waals surface area (Å²) in [6.07, 6.45) is 2.73. The predicted octanol–water partition coefficient (Wildman–Crippen LogP) is 1.63. The molecule has 1 amide bonds. The molecular weight excluding hydrogens is 202 g/mol. The van der Waals surface area contributed by atoms with Crippen molar-refractivity contribution < 1.29 is 4.79 Å². The van der Waals surface area contributed by atoms with E-state index in [2.05, 4.69) is 4.98 Å². The van der Waals surface area contributed by atoms with E-state index in [1.807, 2.05) is 13.0 Å². The van der Waals surface area contributed by atoms with Gasteiger partial charge in [-0.15, -0.1) is 0 Å². The van der Waals surface area contributed by atoms with Crippen LogP contribution in [-0.4, -0.2) is 29.4 Å². The Labute approximate surface area is 95.5 Å². The topological polar surface area (TPSA) is 57.0 Å². The molecule has 0 fully saturated rings. The summed E-state index contributed by atoms with van der Waals surface area (Å²) in [5.41, 5.74) is 1.23. The number of carbonyl (C=O) groups is 1. The smallest absolute Gasteiger partial charge is 0.253 e. The first-order chi connectivity index (χ1) is 7.69. The van der Waals surface area contributed by atoms with Gasteiger partial charge in [-0.05, 0) is 18.6 Å². The van der Waals surface area contributed by atoms with E-state index in [0.29, 0.717) is 11.3 Å². The molecular formula is C12H15N3O. The summed E-state index contributed by atoms with van der Waals surface area (Å²) >= 11 is 0. The van der Waals surface area contributed by atoms with Crippen molar-refractivity contribution in [3.63, 3.8) is 0 Å². The van der Waals surface area contributed by atoms with Gasteiger partial charge in [0, 0.05) is 25.4 Å². The molecule has 0 aliphatic heterocycles. The molecule has 4 nitrogen and oxygen atoms in total. The van der Waals surface area contributed by atoms with Crippen LogP contribution >= 0.6 is 0 Å². The predicted molar refractivity (Wildman–Crippen MR) is 60.8 cm³/mol. The van der Waals surface area contributed by atoms with Crippen LogP contribution in [0.1, 0.15) is 29.4 Å². The Morgan fingerprint density at radius 3 is 3.00 bits per heavy atom. The van der Waals surface area contributed by atoms with E-state index in [9.17, 15) is 4.79 Å². The molecule has 4 heteroatoms. The number of hydrogen-bond acceptors (Lipinski definition) is 3. The van der Waals surface area contributed by atoms with Crippen LogP contribution < -0.4 is 0 Å². The number of amides is 1. The van der Waals surface area contributed by atoms with Crippen LogP contribution in [0, 0.1) is 11.3 Å². The Hall–Kier alpha value is -1.89. The van der Waals surface area contributed by atoms with Crippen LogP contribution in [0.2, 0.25) is 0 Å². The molecule has 0 spiro atoms. The average molecular weight is 217 g/mol. The number of rotatable bonds is 4. The van der Waals surface area contributed by atoms with Crippen molar-refractivity contribution >= 4 is 5.91 Å². The van der Waals surface area contributed by atoms with Gasteiger partial charge in [0.15, 0.2) is 0 Å². The minimum absolute atomic E-state index is 0.0246. The van der Waals surface area contributed by atoms with Gasteiger partial charge in [0.05, 0.1) is 18.2 Å². The standard InChI is InChI=1S/C12H15N3O/c1-3-8-15(2)12(16)10-5-7-14-11(9-10)4-6-13/h5,7,9H,3-4,8H2,1-2H3. The van der Waals surface area contributed by atoms with Crippen LogP contribution in [0.3, 0.4) is 0 Å². The maximum absolute atomic E-state index is 11.9. The van der Waals surface area contributed by atoms with Crippen molar-refractivity contribution in [3.05, 3.63) is 29.6 Å². The van der Waals surface area contributed by atoms with Gasteiger partial charge in [-0.3, -0.25) is 9.78 Å². The lowest BCUT2D eigenvalue weighted by Gasteiger charge is -2.16. The van der Waals surface area contributed by atoms with Gasteiger partial charge in [-0.1, -0.05) is 6.92 Å². The maximum atomic E-state index is 11.9. The van der Waals surface area contributed by atoms with E-state index >= 15 is 0 Å². The summed E-state index contributed by atoms with van der Waals surface area (Å²) in [5, 5.41) is 8.56.